The number of carbonyl (C=O) groups is 1. The van der Waals surface area contributed by atoms with Crippen LogP contribution in [0.1, 0.15) is 32.6 Å². The SMILES string of the molecule is Cc1c2c(cc3c1O/C(=C\c1ccc(-c4ccccc4)cc1)C3=O)CN(CCc1ccc(Cl)cc1)CO2. The Morgan fingerprint density at radius 2 is 1.65 bits per heavy atom. The fourth-order valence-corrected chi connectivity index (χ4v) is 5.06. The second-order valence-corrected chi connectivity index (χ2v) is 9.93. The van der Waals surface area contributed by atoms with E-state index >= 15 is 0 Å². The number of hydrogen-bond acceptors (Lipinski definition) is 4. The van der Waals surface area contributed by atoms with Gasteiger partial charge in [-0.25, -0.2) is 0 Å². The molecule has 6 rings (SSSR count). The normalized spacial score (nSPS) is 15.7. The molecule has 4 nitrogen and oxygen atoms in total. The predicted molar refractivity (Wildman–Crippen MR) is 147 cm³/mol. The molecule has 2 heterocycles. The molecule has 0 aliphatic carbocycles. The van der Waals surface area contributed by atoms with E-state index in [0.29, 0.717) is 23.8 Å². The number of hydrogen-bond donors (Lipinski definition) is 0. The van der Waals surface area contributed by atoms with Crippen LogP contribution in [0.3, 0.4) is 0 Å². The summed E-state index contributed by atoms with van der Waals surface area (Å²) in [5.41, 5.74) is 6.94. The van der Waals surface area contributed by atoms with Crippen molar-refractivity contribution in [1.29, 1.82) is 0 Å². The maximum absolute atomic E-state index is 13.3. The number of carbonyl (C=O) groups excluding carboxylic acids is 1. The summed E-state index contributed by atoms with van der Waals surface area (Å²) in [7, 11) is 0. The van der Waals surface area contributed by atoms with Gasteiger partial charge in [-0.3, -0.25) is 9.69 Å². The van der Waals surface area contributed by atoms with Crippen LogP contribution in [0.15, 0.2) is 90.7 Å². The van der Waals surface area contributed by atoms with Gasteiger partial charge >= 0.3 is 0 Å². The van der Waals surface area contributed by atoms with Gasteiger partial charge in [0, 0.05) is 29.2 Å². The van der Waals surface area contributed by atoms with Crippen molar-refractivity contribution in [3.05, 3.63) is 124 Å². The van der Waals surface area contributed by atoms with Gasteiger partial charge in [0.1, 0.15) is 18.2 Å². The summed E-state index contributed by atoms with van der Waals surface area (Å²) in [6, 6.07) is 28.2. The highest BCUT2D eigenvalue weighted by molar-refractivity contribution is 6.30. The second-order valence-electron chi connectivity index (χ2n) is 9.50. The molecule has 0 saturated heterocycles. The molecular formula is C32H26ClNO3. The molecule has 0 atom stereocenters. The van der Waals surface area contributed by atoms with E-state index < -0.39 is 0 Å². The molecule has 5 heteroatoms. The molecule has 2 aliphatic rings. The van der Waals surface area contributed by atoms with Gasteiger partial charge in [0.05, 0.1) is 5.56 Å². The third-order valence-corrected chi connectivity index (χ3v) is 7.20. The van der Waals surface area contributed by atoms with Gasteiger partial charge in [-0.15, -0.1) is 0 Å². The summed E-state index contributed by atoms with van der Waals surface area (Å²) in [5, 5.41) is 0.743. The monoisotopic (exact) mass is 507 g/mol. The molecule has 184 valence electrons. The molecule has 0 bridgehead atoms. The van der Waals surface area contributed by atoms with Gasteiger partial charge in [-0.05, 0) is 59.9 Å². The van der Waals surface area contributed by atoms with Crippen LogP contribution in [-0.2, 0) is 13.0 Å². The lowest BCUT2D eigenvalue weighted by Gasteiger charge is -2.30. The van der Waals surface area contributed by atoms with Gasteiger partial charge in [0.25, 0.3) is 0 Å². The largest absolute Gasteiger partial charge is 0.477 e. The first-order chi connectivity index (χ1) is 18.0. The Hall–Kier alpha value is -3.86. The molecule has 0 spiro atoms. The Morgan fingerprint density at radius 1 is 0.919 bits per heavy atom. The zero-order chi connectivity index (χ0) is 25.4. The first-order valence-corrected chi connectivity index (χ1v) is 12.8. The summed E-state index contributed by atoms with van der Waals surface area (Å²) < 4.78 is 12.2. The van der Waals surface area contributed by atoms with Crippen LogP contribution in [0.5, 0.6) is 11.5 Å². The summed E-state index contributed by atoms with van der Waals surface area (Å²) in [4.78, 5) is 15.5. The average Bonchev–Trinajstić information content (AvgIpc) is 3.24. The third kappa shape index (κ3) is 4.78. The van der Waals surface area contributed by atoms with Crippen LogP contribution in [0.2, 0.25) is 5.02 Å². The third-order valence-electron chi connectivity index (χ3n) is 6.95. The Kier molecular flexibility index (Phi) is 6.29. The number of halogens is 1. The quantitative estimate of drug-likeness (QED) is 0.265. The number of benzene rings is 4. The van der Waals surface area contributed by atoms with Crippen molar-refractivity contribution >= 4 is 23.5 Å². The van der Waals surface area contributed by atoms with Crippen LogP contribution < -0.4 is 9.47 Å². The number of Topliss-reactive ketones (excluding diaryl/α,β-unsaturated/α-hetero) is 1. The number of ketones is 1. The van der Waals surface area contributed by atoms with E-state index in [9.17, 15) is 4.79 Å². The minimum Gasteiger partial charge on any atom is -0.477 e. The van der Waals surface area contributed by atoms with Crippen LogP contribution in [0.4, 0.5) is 0 Å². The van der Waals surface area contributed by atoms with E-state index in [4.69, 9.17) is 21.1 Å². The van der Waals surface area contributed by atoms with Gasteiger partial charge in [0.15, 0.2) is 5.76 Å². The van der Waals surface area contributed by atoms with Crippen LogP contribution >= 0.6 is 11.6 Å². The van der Waals surface area contributed by atoms with Crippen molar-refractivity contribution in [2.24, 2.45) is 0 Å². The van der Waals surface area contributed by atoms with Crippen LogP contribution in [0, 0.1) is 6.92 Å². The molecular weight excluding hydrogens is 482 g/mol. The Balaban J connectivity index is 1.19. The fourth-order valence-electron chi connectivity index (χ4n) is 4.93. The molecule has 4 aromatic rings. The first kappa shape index (κ1) is 23.5. The number of nitrogens with zero attached hydrogens (tertiary/aromatic N) is 1. The topological polar surface area (TPSA) is 38.8 Å². The van der Waals surface area contributed by atoms with Gasteiger partial charge in [-0.2, -0.15) is 0 Å². The molecule has 0 N–H and O–H groups in total. The fraction of sp³-hybridized carbons (Fsp3) is 0.156. The highest BCUT2D eigenvalue weighted by Crippen LogP contribution is 2.43. The van der Waals surface area contributed by atoms with E-state index in [0.717, 1.165) is 58.1 Å². The van der Waals surface area contributed by atoms with Gasteiger partial charge in [-0.1, -0.05) is 78.3 Å². The molecule has 37 heavy (non-hydrogen) atoms. The van der Waals surface area contributed by atoms with E-state index in [-0.39, 0.29) is 5.78 Å². The number of fused-ring (bicyclic) bond motifs is 2. The Labute approximate surface area is 221 Å². The highest BCUT2D eigenvalue weighted by atomic mass is 35.5. The van der Waals surface area contributed by atoms with Crippen molar-refractivity contribution in [1.82, 2.24) is 4.90 Å². The summed E-state index contributed by atoms with van der Waals surface area (Å²) in [5.74, 6) is 1.67. The smallest absolute Gasteiger partial charge is 0.231 e. The lowest BCUT2D eigenvalue weighted by molar-refractivity contribution is 0.0954. The van der Waals surface area contributed by atoms with Gasteiger partial charge < -0.3 is 9.47 Å². The van der Waals surface area contributed by atoms with Crippen LogP contribution in [-0.4, -0.2) is 24.0 Å². The van der Waals surface area contributed by atoms with Crippen molar-refractivity contribution in [3.8, 4) is 22.6 Å². The Bertz CT molecular complexity index is 1490. The second kappa shape index (κ2) is 9.89. The number of rotatable bonds is 5. The minimum atomic E-state index is -0.0914. The molecule has 2 aliphatic heterocycles. The van der Waals surface area contributed by atoms with Crippen molar-refractivity contribution in [2.75, 3.05) is 13.3 Å². The molecule has 0 radical (unpaired) electrons. The maximum atomic E-state index is 13.3. The lowest BCUT2D eigenvalue weighted by atomic mass is 9.99. The molecule has 4 aromatic carbocycles. The average molecular weight is 508 g/mol. The molecule has 0 aromatic heterocycles. The van der Waals surface area contributed by atoms with Crippen molar-refractivity contribution in [3.63, 3.8) is 0 Å². The van der Waals surface area contributed by atoms with Crippen molar-refractivity contribution < 1.29 is 14.3 Å². The minimum absolute atomic E-state index is 0.0914. The highest BCUT2D eigenvalue weighted by Gasteiger charge is 2.33. The Morgan fingerprint density at radius 3 is 2.41 bits per heavy atom. The predicted octanol–water partition coefficient (Wildman–Crippen LogP) is 7.33. The molecule has 0 unspecified atom stereocenters. The van der Waals surface area contributed by atoms with E-state index in [2.05, 4.69) is 41.3 Å². The number of ether oxygens (including phenoxy) is 2. The summed E-state index contributed by atoms with van der Waals surface area (Å²) >= 11 is 6.00. The molecule has 0 amide bonds. The summed E-state index contributed by atoms with van der Waals surface area (Å²) in [6.45, 7) is 4.05. The molecule has 0 saturated carbocycles. The number of allylic oxidation sites excluding steroid dienone is 1. The van der Waals surface area contributed by atoms with Gasteiger partial charge in [0.2, 0.25) is 5.78 Å². The zero-order valence-corrected chi connectivity index (χ0v) is 21.3. The van der Waals surface area contributed by atoms with E-state index in [1.54, 1.807) is 0 Å². The molecule has 0 fully saturated rings. The zero-order valence-electron chi connectivity index (χ0n) is 20.5. The summed E-state index contributed by atoms with van der Waals surface area (Å²) in [6.07, 6.45) is 2.71. The van der Waals surface area contributed by atoms with Crippen molar-refractivity contribution in [2.45, 2.75) is 19.9 Å². The first-order valence-electron chi connectivity index (χ1n) is 12.4. The van der Waals surface area contributed by atoms with E-state index in [1.165, 1.54) is 5.56 Å². The van der Waals surface area contributed by atoms with Crippen LogP contribution in [0.25, 0.3) is 17.2 Å². The van der Waals surface area contributed by atoms with E-state index in [1.807, 2.05) is 61.5 Å². The maximum Gasteiger partial charge on any atom is 0.231 e. The standard InChI is InChI=1S/C32H26ClNO3/c1-21-31-26(19-34(20-36-31)16-15-22-9-13-27(33)14-10-22)18-28-30(35)29(37-32(21)28)17-23-7-11-25(12-8-23)24-5-3-2-4-6-24/h2-14,17-18H,15-16,19-20H2,1H3/b29-17-. The lowest BCUT2D eigenvalue weighted by Crippen LogP contribution is -2.34.